The van der Waals surface area contributed by atoms with Gasteiger partial charge in [0.05, 0.1) is 0 Å². The molecule has 0 radical (unpaired) electrons. The van der Waals surface area contributed by atoms with Crippen LogP contribution >= 0.6 is 0 Å². The summed E-state index contributed by atoms with van der Waals surface area (Å²) >= 11 is 0. The molecule has 0 aliphatic rings. The Hall–Kier alpha value is -2.86. The number of ether oxygens (including phenoxy) is 1. The minimum absolute atomic E-state index is 0.312. The molecular formula is C15H15N3O3. The molecule has 0 heterocycles. The molecule has 0 fully saturated rings. The third kappa shape index (κ3) is 3.80. The summed E-state index contributed by atoms with van der Waals surface area (Å²) in [4.78, 5) is 22.4. The number of hydrogen-bond acceptors (Lipinski definition) is 4. The SMILES string of the molecule is NNC(=O)c1ccc(COc2cccc(C(N)=O)c2)cc1. The Morgan fingerprint density at radius 2 is 1.76 bits per heavy atom. The van der Waals surface area contributed by atoms with Crippen molar-refractivity contribution in [2.75, 3.05) is 0 Å². The van der Waals surface area contributed by atoms with Crippen LogP contribution in [-0.4, -0.2) is 11.8 Å². The number of nitrogen functional groups attached to an aromatic ring is 1. The monoisotopic (exact) mass is 285 g/mol. The highest BCUT2D eigenvalue weighted by atomic mass is 16.5. The molecule has 0 aliphatic heterocycles. The summed E-state index contributed by atoms with van der Waals surface area (Å²) < 4.78 is 5.58. The lowest BCUT2D eigenvalue weighted by Crippen LogP contribution is -2.29. The maximum atomic E-state index is 11.3. The van der Waals surface area contributed by atoms with E-state index in [4.69, 9.17) is 16.3 Å². The second kappa shape index (κ2) is 6.53. The Labute approximate surface area is 121 Å². The molecule has 0 bridgehead atoms. The lowest BCUT2D eigenvalue weighted by molar-refractivity contribution is 0.0952. The van der Waals surface area contributed by atoms with Gasteiger partial charge in [0.25, 0.3) is 5.91 Å². The lowest BCUT2D eigenvalue weighted by Gasteiger charge is -2.08. The molecule has 2 aromatic rings. The van der Waals surface area contributed by atoms with Crippen molar-refractivity contribution in [2.45, 2.75) is 6.61 Å². The smallest absolute Gasteiger partial charge is 0.265 e. The third-order valence-electron chi connectivity index (χ3n) is 2.87. The van der Waals surface area contributed by atoms with Gasteiger partial charge in [0.1, 0.15) is 12.4 Å². The second-order valence-electron chi connectivity index (χ2n) is 4.35. The first-order chi connectivity index (χ1) is 10.1. The number of benzene rings is 2. The quantitative estimate of drug-likeness (QED) is 0.432. The van der Waals surface area contributed by atoms with Gasteiger partial charge in [-0.1, -0.05) is 18.2 Å². The fourth-order valence-corrected chi connectivity index (χ4v) is 1.74. The van der Waals surface area contributed by atoms with Crippen LogP contribution in [-0.2, 0) is 6.61 Å². The van der Waals surface area contributed by atoms with Crippen molar-refractivity contribution in [1.29, 1.82) is 0 Å². The van der Waals surface area contributed by atoms with Crippen molar-refractivity contribution >= 4 is 11.8 Å². The summed E-state index contributed by atoms with van der Waals surface area (Å²) in [5.41, 5.74) is 9.01. The van der Waals surface area contributed by atoms with Gasteiger partial charge in [-0.05, 0) is 35.9 Å². The first kappa shape index (κ1) is 14.5. The van der Waals surface area contributed by atoms with Crippen LogP contribution in [0.1, 0.15) is 26.3 Å². The van der Waals surface area contributed by atoms with Gasteiger partial charge in [-0.15, -0.1) is 0 Å². The third-order valence-corrected chi connectivity index (χ3v) is 2.87. The van der Waals surface area contributed by atoms with E-state index in [1.165, 1.54) is 0 Å². The van der Waals surface area contributed by atoms with Gasteiger partial charge in [-0.3, -0.25) is 15.0 Å². The van der Waals surface area contributed by atoms with E-state index in [-0.39, 0.29) is 5.91 Å². The van der Waals surface area contributed by atoms with E-state index < -0.39 is 5.91 Å². The van der Waals surface area contributed by atoms with E-state index in [2.05, 4.69) is 5.43 Å². The molecule has 21 heavy (non-hydrogen) atoms. The zero-order valence-electron chi connectivity index (χ0n) is 11.2. The van der Waals surface area contributed by atoms with Gasteiger partial charge in [-0.25, -0.2) is 5.84 Å². The Morgan fingerprint density at radius 1 is 1.05 bits per heavy atom. The highest BCUT2D eigenvalue weighted by molar-refractivity contribution is 5.93. The number of hydrazine groups is 1. The predicted molar refractivity (Wildman–Crippen MR) is 77.4 cm³/mol. The molecule has 0 saturated heterocycles. The number of rotatable bonds is 5. The van der Waals surface area contributed by atoms with E-state index in [1.807, 2.05) is 0 Å². The fourth-order valence-electron chi connectivity index (χ4n) is 1.74. The standard InChI is InChI=1S/C15H15N3O3/c16-14(19)12-2-1-3-13(8-12)21-9-10-4-6-11(7-5-10)15(20)18-17/h1-8H,9,17H2,(H2,16,19)(H,18,20). The first-order valence-electron chi connectivity index (χ1n) is 6.22. The molecule has 5 N–H and O–H groups in total. The summed E-state index contributed by atoms with van der Waals surface area (Å²) in [5.74, 6) is 4.75. The molecule has 0 atom stereocenters. The Bertz CT molecular complexity index is 653. The molecule has 108 valence electrons. The van der Waals surface area contributed by atoms with Gasteiger partial charge in [0.15, 0.2) is 0 Å². The van der Waals surface area contributed by atoms with Crippen molar-refractivity contribution in [3.8, 4) is 5.75 Å². The Kier molecular flexibility index (Phi) is 4.53. The van der Waals surface area contributed by atoms with Gasteiger partial charge in [0, 0.05) is 11.1 Å². The summed E-state index contributed by atoms with van der Waals surface area (Å²) in [5, 5.41) is 0. The van der Waals surface area contributed by atoms with Crippen molar-refractivity contribution in [3.05, 3.63) is 65.2 Å². The molecule has 0 aromatic heterocycles. The summed E-state index contributed by atoms with van der Waals surface area (Å²) in [7, 11) is 0. The van der Waals surface area contributed by atoms with Crippen molar-refractivity contribution < 1.29 is 14.3 Å². The highest BCUT2D eigenvalue weighted by Crippen LogP contribution is 2.15. The topological polar surface area (TPSA) is 107 Å². The van der Waals surface area contributed by atoms with Gasteiger partial charge in [0.2, 0.25) is 5.91 Å². The van der Waals surface area contributed by atoms with Gasteiger partial charge in [-0.2, -0.15) is 0 Å². The van der Waals surface area contributed by atoms with E-state index in [1.54, 1.807) is 48.5 Å². The predicted octanol–water partition coefficient (Wildman–Crippen LogP) is 0.968. The molecule has 2 rings (SSSR count). The first-order valence-corrected chi connectivity index (χ1v) is 6.22. The zero-order chi connectivity index (χ0) is 15.2. The molecule has 0 spiro atoms. The van der Waals surface area contributed by atoms with Crippen LogP contribution in [0.3, 0.4) is 0 Å². The minimum atomic E-state index is -0.502. The van der Waals surface area contributed by atoms with Crippen LogP contribution in [0.15, 0.2) is 48.5 Å². The fraction of sp³-hybridized carbons (Fsp3) is 0.0667. The average molecular weight is 285 g/mol. The maximum absolute atomic E-state index is 11.3. The van der Waals surface area contributed by atoms with Crippen LogP contribution in [0, 0.1) is 0 Å². The number of nitrogens with two attached hydrogens (primary N) is 2. The summed E-state index contributed by atoms with van der Waals surface area (Å²) in [6.07, 6.45) is 0. The van der Waals surface area contributed by atoms with Crippen LogP contribution in [0.4, 0.5) is 0 Å². The maximum Gasteiger partial charge on any atom is 0.265 e. The largest absolute Gasteiger partial charge is 0.489 e. The average Bonchev–Trinajstić information content (AvgIpc) is 2.53. The van der Waals surface area contributed by atoms with E-state index in [0.29, 0.717) is 23.5 Å². The van der Waals surface area contributed by atoms with Crippen LogP contribution < -0.4 is 21.7 Å². The minimum Gasteiger partial charge on any atom is -0.489 e. The van der Waals surface area contributed by atoms with Crippen LogP contribution in [0.5, 0.6) is 5.75 Å². The number of primary amides is 1. The number of carbonyl (C=O) groups is 2. The van der Waals surface area contributed by atoms with Crippen LogP contribution in [0.2, 0.25) is 0 Å². The molecule has 0 aliphatic carbocycles. The van der Waals surface area contributed by atoms with Gasteiger partial charge >= 0.3 is 0 Å². The summed E-state index contributed by atoms with van der Waals surface area (Å²) in [6, 6.07) is 13.5. The molecular weight excluding hydrogens is 270 g/mol. The molecule has 0 unspecified atom stereocenters. The Balaban J connectivity index is 2.01. The van der Waals surface area contributed by atoms with Crippen molar-refractivity contribution in [1.82, 2.24) is 5.43 Å². The highest BCUT2D eigenvalue weighted by Gasteiger charge is 2.04. The van der Waals surface area contributed by atoms with Gasteiger partial charge < -0.3 is 10.5 Å². The van der Waals surface area contributed by atoms with Crippen molar-refractivity contribution in [2.24, 2.45) is 11.6 Å². The zero-order valence-corrected chi connectivity index (χ0v) is 11.2. The summed E-state index contributed by atoms with van der Waals surface area (Å²) in [6.45, 7) is 0.312. The number of hydrogen-bond donors (Lipinski definition) is 3. The van der Waals surface area contributed by atoms with E-state index >= 15 is 0 Å². The molecule has 2 aromatic carbocycles. The number of nitrogens with one attached hydrogen (secondary N) is 1. The van der Waals surface area contributed by atoms with E-state index in [0.717, 1.165) is 5.56 Å². The number of amides is 2. The lowest BCUT2D eigenvalue weighted by atomic mass is 10.1. The van der Waals surface area contributed by atoms with Crippen molar-refractivity contribution in [3.63, 3.8) is 0 Å². The molecule has 6 heteroatoms. The van der Waals surface area contributed by atoms with Crippen LogP contribution in [0.25, 0.3) is 0 Å². The molecule has 2 amide bonds. The van der Waals surface area contributed by atoms with E-state index in [9.17, 15) is 9.59 Å². The second-order valence-corrected chi connectivity index (χ2v) is 4.35. The molecule has 0 saturated carbocycles. The molecule has 6 nitrogen and oxygen atoms in total. The number of carbonyl (C=O) groups excluding carboxylic acids is 2. The normalized spacial score (nSPS) is 9.95. The Morgan fingerprint density at radius 3 is 2.38 bits per heavy atom.